The summed E-state index contributed by atoms with van der Waals surface area (Å²) < 4.78 is 5.30. The van der Waals surface area contributed by atoms with Crippen LogP contribution in [0.3, 0.4) is 0 Å². The second-order valence-corrected chi connectivity index (χ2v) is 10.0. The Morgan fingerprint density at radius 2 is 1.86 bits per heavy atom. The van der Waals surface area contributed by atoms with Crippen LogP contribution in [0.25, 0.3) is 10.9 Å². The molecule has 0 fully saturated rings. The Morgan fingerprint density at radius 3 is 2.65 bits per heavy atom. The number of hydrogen-bond acceptors (Lipinski definition) is 4. The maximum atomic E-state index is 13.8. The minimum absolute atomic E-state index is 0.157. The van der Waals surface area contributed by atoms with Gasteiger partial charge in [0.05, 0.1) is 18.8 Å². The Bertz CT molecular complexity index is 1500. The highest BCUT2D eigenvalue weighted by molar-refractivity contribution is 6.04. The molecule has 0 saturated carbocycles. The van der Waals surface area contributed by atoms with E-state index in [2.05, 4.69) is 15.6 Å². The normalized spacial score (nSPS) is 18.9. The Morgan fingerprint density at radius 1 is 1.08 bits per heavy atom. The highest BCUT2D eigenvalue weighted by atomic mass is 16.3. The van der Waals surface area contributed by atoms with E-state index < -0.39 is 12.1 Å². The topological polar surface area (TPSA) is 107 Å². The van der Waals surface area contributed by atoms with Crippen LogP contribution in [-0.2, 0) is 22.6 Å². The van der Waals surface area contributed by atoms with Gasteiger partial charge in [-0.1, -0.05) is 50.2 Å². The Balaban J connectivity index is 1.33. The van der Waals surface area contributed by atoms with Crippen LogP contribution in [0.15, 0.2) is 71.3 Å². The first-order chi connectivity index (χ1) is 17.9. The fraction of sp³-hybridized carbons (Fsp3) is 0.276. The van der Waals surface area contributed by atoms with Gasteiger partial charge in [0.1, 0.15) is 17.8 Å². The van der Waals surface area contributed by atoms with Crippen LogP contribution in [-0.4, -0.2) is 39.7 Å². The number of carbonyl (C=O) groups is 3. The zero-order valence-corrected chi connectivity index (χ0v) is 20.7. The molecule has 0 bridgehead atoms. The lowest BCUT2D eigenvalue weighted by atomic mass is 9.89. The molecule has 8 nitrogen and oxygen atoms in total. The molecule has 37 heavy (non-hydrogen) atoms. The molecule has 2 aliphatic rings. The van der Waals surface area contributed by atoms with Gasteiger partial charge in [0.25, 0.3) is 5.91 Å². The smallest absolute Gasteiger partial charge is 0.255 e. The van der Waals surface area contributed by atoms with Crippen LogP contribution in [0.2, 0.25) is 0 Å². The lowest BCUT2D eigenvalue weighted by molar-refractivity contribution is -0.133. The minimum atomic E-state index is -0.759. The molecule has 2 aromatic carbocycles. The summed E-state index contributed by atoms with van der Waals surface area (Å²) in [7, 11) is 0. The third-order valence-corrected chi connectivity index (χ3v) is 7.42. The van der Waals surface area contributed by atoms with Gasteiger partial charge in [-0.25, -0.2) is 0 Å². The number of para-hydroxylation sites is 1. The Kier molecular flexibility index (Phi) is 5.59. The summed E-state index contributed by atoms with van der Waals surface area (Å²) in [5.74, 6) is -0.335. The van der Waals surface area contributed by atoms with Crippen LogP contribution in [0.4, 0.5) is 0 Å². The van der Waals surface area contributed by atoms with Gasteiger partial charge >= 0.3 is 0 Å². The summed E-state index contributed by atoms with van der Waals surface area (Å²) in [5, 5.41) is 6.85. The van der Waals surface area contributed by atoms with Crippen molar-refractivity contribution >= 4 is 28.6 Å². The molecule has 8 heteroatoms. The average Bonchev–Trinajstić information content (AvgIpc) is 3.62. The van der Waals surface area contributed by atoms with Crippen molar-refractivity contribution in [3.8, 4) is 0 Å². The van der Waals surface area contributed by atoms with Gasteiger partial charge in [-0.3, -0.25) is 14.4 Å². The van der Waals surface area contributed by atoms with Gasteiger partial charge in [0.15, 0.2) is 0 Å². The number of nitrogens with one attached hydrogen (secondary N) is 3. The van der Waals surface area contributed by atoms with Crippen molar-refractivity contribution in [1.29, 1.82) is 0 Å². The number of nitrogens with zero attached hydrogens (tertiary/aromatic N) is 1. The molecule has 6 rings (SSSR count). The number of aromatic nitrogens is 1. The largest absolute Gasteiger partial charge is 0.467 e. The third-order valence-electron chi connectivity index (χ3n) is 7.42. The van der Waals surface area contributed by atoms with E-state index in [-0.39, 0.29) is 36.2 Å². The maximum absolute atomic E-state index is 13.8. The van der Waals surface area contributed by atoms with E-state index in [1.54, 1.807) is 23.3 Å². The van der Waals surface area contributed by atoms with E-state index in [4.69, 9.17) is 4.42 Å². The van der Waals surface area contributed by atoms with Gasteiger partial charge in [0, 0.05) is 28.6 Å². The number of aromatic amines is 1. The lowest BCUT2D eigenvalue weighted by Gasteiger charge is -2.38. The number of fused-ring (bicyclic) bond motifs is 7. The molecule has 4 heterocycles. The third kappa shape index (κ3) is 3.80. The summed E-state index contributed by atoms with van der Waals surface area (Å²) in [5.41, 5.74) is 4.44. The first-order valence-corrected chi connectivity index (χ1v) is 12.6. The van der Waals surface area contributed by atoms with Gasteiger partial charge in [0.2, 0.25) is 11.8 Å². The molecule has 2 aromatic heterocycles. The van der Waals surface area contributed by atoms with E-state index in [0.29, 0.717) is 17.7 Å². The predicted octanol–water partition coefficient (Wildman–Crippen LogP) is 3.69. The summed E-state index contributed by atoms with van der Waals surface area (Å²) in [6.07, 6.45) is 1.91. The Hall–Kier alpha value is -4.33. The fourth-order valence-electron chi connectivity index (χ4n) is 5.62. The van der Waals surface area contributed by atoms with Crippen molar-refractivity contribution in [3.63, 3.8) is 0 Å². The molecule has 0 radical (unpaired) electrons. The lowest BCUT2D eigenvalue weighted by Crippen LogP contribution is -2.57. The summed E-state index contributed by atoms with van der Waals surface area (Å²) in [6, 6.07) is 17.1. The van der Waals surface area contributed by atoms with Gasteiger partial charge in [-0.15, -0.1) is 0 Å². The van der Waals surface area contributed by atoms with Crippen molar-refractivity contribution in [3.05, 3.63) is 95.1 Å². The molecule has 3 N–H and O–H groups in total. The second kappa shape index (κ2) is 8.96. The first kappa shape index (κ1) is 23.1. The first-order valence-electron chi connectivity index (χ1n) is 12.6. The van der Waals surface area contributed by atoms with Crippen LogP contribution in [0.5, 0.6) is 0 Å². The standard InChI is InChI=1S/C29H28N4O4/c1-16(2)24(28(35)30-15-17-8-7-13-37-17)32-27(34)23-14-21-18-9-5-6-12-22(18)31-25(21)26-19-10-3-4-11-20(19)29(36)33(23)26/h3-13,16,23-24,26,31H,14-15H2,1-2H3,(H,30,35)(H,32,34)/t23-,24-,26+/m0/s1. The number of hydrogen-bond donors (Lipinski definition) is 3. The van der Waals surface area contributed by atoms with E-state index >= 15 is 0 Å². The van der Waals surface area contributed by atoms with Crippen molar-refractivity contribution < 1.29 is 18.8 Å². The molecule has 188 valence electrons. The molecule has 0 unspecified atom stereocenters. The molecule has 0 spiro atoms. The van der Waals surface area contributed by atoms with E-state index in [0.717, 1.165) is 27.7 Å². The molecule has 0 saturated heterocycles. The molecular formula is C29H28N4O4. The van der Waals surface area contributed by atoms with Gasteiger partial charge in [-0.05, 0) is 41.3 Å². The minimum Gasteiger partial charge on any atom is -0.467 e. The predicted molar refractivity (Wildman–Crippen MR) is 138 cm³/mol. The quantitative estimate of drug-likeness (QED) is 0.378. The van der Waals surface area contributed by atoms with Crippen molar-refractivity contribution in [1.82, 2.24) is 20.5 Å². The number of amides is 3. The molecule has 0 aliphatic carbocycles. The number of furan rings is 1. The fourth-order valence-corrected chi connectivity index (χ4v) is 5.62. The summed E-state index contributed by atoms with van der Waals surface area (Å²) in [6.45, 7) is 4.00. The molecule has 3 amide bonds. The summed E-state index contributed by atoms with van der Waals surface area (Å²) >= 11 is 0. The molecular weight excluding hydrogens is 468 g/mol. The number of benzene rings is 2. The van der Waals surface area contributed by atoms with E-state index in [9.17, 15) is 14.4 Å². The van der Waals surface area contributed by atoms with E-state index in [1.165, 1.54) is 0 Å². The highest BCUT2D eigenvalue weighted by Gasteiger charge is 2.49. The highest BCUT2D eigenvalue weighted by Crippen LogP contribution is 2.46. The van der Waals surface area contributed by atoms with Crippen LogP contribution in [0, 0.1) is 5.92 Å². The number of carbonyl (C=O) groups excluding carboxylic acids is 3. The SMILES string of the molecule is CC(C)[C@H](NC(=O)[C@@H]1Cc2c([nH]c3ccccc23)[C@H]2c3ccccc3C(=O)N21)C(=O)NCc1ccco1. The molecule has 4 aromatic rings. The molecule has 2 aliphatic heterocycles. The number of rotatable bonds is 6. The van der Waals surface area contributed by atoms with Crippen LogP contribution < -0.4 is 10.6 Å². The van der Waals surface area contributed by atoms with Gasteiger partial charge < -0.3 is 24.9 Å². The average molecular weight is 497 g/mol. The van der Waals surface area contributed by atoms with Crippen molar-refractivity contribution in [2.45, 2.75) is 44.9 Å². The van der Waals surface area contributed by atoms with Crippen LogP contribution >= 0.6 is 0 Å². The summed E-state index contributed by atoms with van der Waals surface area (Å²) in [4.78, 5) is 45.7. The van der Waals surface area contributed by atoms with Crippen molar-refractivity contribution in [2.75, 3.05) is 0 Å². The number of H-pyrrole nitrogens is 1. The van der Waals surface area contributed by atoms with Crippen LogP contribution in [0.1, 0.15) is 52.8 Å². The maximum Gasteiger partial charge on any atom is 0.255 e. The van der Waals surface area contributed by atoms with Crippen molar-refractivity contribution in [2.24, 2.45) is 5.92 Å². The monoisotopic (exact) mass is 496 g/mol. The zero-order valence-electron chi connectivity index (χ0n) is 20.7. The second-order valence-electron chi connectivity index (χ2n) is 10.0. The zero-order chi connectivity index (χ0) is 25.7. The van der Waals surface area contributed by atoms with E-state index in [1.807, 2.05) is 62.4 Å². The Labute approximate surface area is 214 Å². The van der Waals surface area contributed by atoms with Gasteiger partial charge in [-0.2, -0.15) is 0 Å². The molecule has 3 atom stereocenters.